The Hall–Kier alpha value is -4.27. The minimum Gasteiger partial charge on any atom is -0.365 e. The molecule has 0 bridgehead atoms. The second kappa shape index (κ2) is 9.30. The molecule has 2 aromatic heterocycles. The summed E-state index contributed by atoms with van der Waals surface area (Å²) in [6, 6.07) is 8.43. The van der Waals surface area contributed by atoms with Crippen LogP contribution >= 0.6 is 0 Å². The Balaban J connectivity index is 1.54. The average Bonchev–Trinajstić information content (AvgIpc) is 2.83. The summed E-state index contributed by atoms with van der Waals surface area (Å²) in [5.74, 6) is 0.580. The van der Waals surface area contributed by atoms with Crippen LogP contribution in [0.25, 0.3) is 0 Å². The number of nitriles is 1. The Morgan fingerprint density at radius 3 is 2.71 bits per heavy atom. The first-order chi connectivity index (χ1) is 16.3. The van der Waals surface area contributed by atoms with Gasteiger partial charge >= 0.3 is 6.18 Å². The smallest absolute Gasteiger partial charge is 0.365 e. The third kappa shape index (κ3) is 4.73. The monoisotopic (exact) mass is 468 g/mol. The summed E-state index contributed by atoms with van der Waals surface area (Å²) in [7, 11) is 0. The lowest BCUT2D eigenvalue weighted by Gasteiger charge is -2.31. The molecule has 1 aliphatic heterocycles. The highest BCUT2D eigenvalue weighted by molar-refractivity contribution is 5.92. The summed E-state index contributed by atoms with van der Waals surface area (Å²) >= 11 is 0. The molecule has 1 aliphatic rings. The van der Waals surface area contributed by atoms with Crippen LogP contribution in [0.5, 0.6) is 0 Å². The van der Waals surface area contributed by atoms with Crippen molar-refractivity contribution in [1.82, 2.24) is 25.5 Å². The summed E-state index contributed by atoms with van der Waals surface area (Å²) in [6.07, 6.45) is -2.78. The Morgan fingerprint density at radius 1 is 1.21 bits per heavy atom. The summed E-state index contributed by atoms with van der Waals surface area (Å²) in [5, 5.41) is 22.6. The molecular weight excluding hydrogens is 449 g/mol. The third-order valence-electron chi connectivity index (χ3n) is 5.28. The maximum absolute atomic E-state index is 13.4. The quantitative estimate of drug-likeness (QED) is 0.586. The lowest BCUT2D eigenvalue weighted by atomic mass is 10.0. The molecule has 0 saturated carbocycles. The van der Waals surface area contributed by atoms with Crippen LogP contribution in [0.4, 0.5) is 30.5 Å². The number of amides is 1. The van der Waals surface area contributed by atoms with Crippen molar-refractivity contribution in [3.8, 4) is 6.07 Å². The Bertz CT molecular complexity index is 1250. The molecule has 12 heteroatoms. The van der Waals surface area contributed by atoms with E-state index in [1.165, 1.54) is 18.5 Å². The van der Waals surface area contributed by atoms with Gasteiger partial charge in [0.2, 0.25) is 0 Å². The first-order valence-electron chi connectivity index (χ1n) is 10.4. The molecule has 0 atom stereocenters. The van der Waals surface area contributed by atoms with Crippen molar-refractivity contribution in [2.75, 3.05) is 23.3 Å². The Kier molecular flexibility index (Phi) is 6.27. The van der Waals surface area contributed by atoms with Crippen molar-refractivity contribution < 1.29 is 18.0 Å². The first kappa shape index (κ1) is 22.9. The van der Waals surface area contributed by atoms with Crippen LogP contribution in [0.15, 0.2) is 36.7 Å². The largest absolute Gasteiger partial charge is 0.417 e. The predicted molar refractivity (Wildman–Crippen MR) is 116 cm³/mol. The number of anilines is 3. The molecule has 0 aliphatic carbocycles. The molecular formula is C22H19F3N8O. The van der Waals surface area contributed by atoms with Crippen LogP contribution in [0.1, 0.15) is 39.8 Å². The van der Waals surface area contributed by atoms with Gasteiger partial charge in [-0.25, -0.2) is 9.97 Å². The molecule has 3 heterocycles. The molecule has 0 fully saturated rings. The molecule has 0 radical (unpaired) electrons. The summed E-state index contributed by atoms with van der Waals surface area (Å²) in [5.41, 5.74) is 0.650. The molecule has 4 rings (SSSR count). The van der Waals surface area contributed by atoms with Gasteiger partial charge in [-0.2, -0.15) is 18.4 Å². The number of nitrogens with one attached hydrogen (secondary N) is 2. The number of alkyl halides is 3. The molecule has 174 valence electrons. The number of fused-ring (bicyclic) bond motifs is 1. The van der Waals surface area contributed by atoms with Gasteiger partial charge in [-0.3, -0.25) is 4.79 Å². The van der Waals surface area contributed by atoms with E-state index in [9.17, 15) is 18.0 Å². The van der Waals surface area contributed by atoms with E-state index >= 15 is 0 Å². The lowest BCUT2D eigenvalue weighted by Crippen LogP contribution is -2.32. The van der Waals surface area contributed by atoms with Crippen molar-refractivity contribution in [2.24, 2.45) is 0 Å². The van der Waals surface area contributed by atoms with Crippen LogP contribution in [0.3, 0.4) is 0 Å². The van der Waals surface area contributed by atoms with E-state index in [2.05, 4.69) is 30.8 Å². The first-order valence-corrected chi connectivity index (χ1v) is 10.4. The van der Waals surface area contributed by atoms with E-state index in [-0.39, 0.29) is 18.1 Å². The maximum Gasteiger partial charge on any atom is 0.417 e. The summed E-state index contributed by atoms with van der Waals surface area (Å²) < 4.78 is 40.1. The lowest BCUT2D eigenvalue weighted by molar-refractivity contribution is -0.137. The van der Waals surface area contributed by atoms with Crippen LogP contribution in [0.2, 0.25) is 0 Å². The van der Waals surface area contributed by atoms with Crippen LogP contribution in [-0.2, 0) is 19.1 Å². The highest BCUT2D eigenvalue weighted by Gasteiger charge is 2.34. The van der Waals surface area contributed by atoms with Gasteiger partial charge in [0.1, 0.15) is 12.1 Å². The number of carbonyl (C=O) groups excluding carboxylic acids is 1. The fourth-order valence-corrected chi connectivity index (χ4v) is 3.64. The van der Waals surface area contributed by atoms with Crippen LogP contribution in [0, 0.1) is 11.3 Å². The number of benzene rings is 1. The van der Waals surface area contributed by atoms with E-state index < -0.39 is 17.3 Å². The Labute approximate surface area is 192 Å². The van der Waals surface area contributed by atoms with Crippen LogP contribution < -0.4 is 15.5 Å². The zero-order valence-corrected chi connectivity index (χ0v) is 18.0. The molecule has 0 saturated heterocycles. The number of rotatable bonds is 5. The number of aromatic nitrogens is 4. The van der Waals surface area contributed by atoms with Gasteiger partial charge in [0.25, 0.3) is 5.91 Å². The standard InChI is InChI=1S/C22H19F3N8O/c1-2-27-21(34)17-5-6-19(32-31-17)30-20-15-7-8-33(11-18(15)28-12-29-20)14-4-3-13(10-26)16(9-14)22(23,24)25/h3-6,9,12H,2,7-8,11H2,1H3,(H,27,34)(H,28,29,30,32). The van der Waals surface area contributed by atoms with Gasteiger partial charge < -0.3 is 15.5 Å². The van der Waals surface area contributed by atoms with E-state index in [1.807, 2.05) is 0 Å². The fraction of sp³-hybridized carbons (Fsp3) is 0.273. The van der Waals surface area contributed by atoms with E-state index in [0.29, 0.717) is 42.5 Å². The average molecular weight is 468 g/mol. The van der Waals surface area contributed by atoms with Crippen molar-refractivity contribution in [3.05, 3.63) is 64.7 Å². The molecule has 34 heavy (non-hydrogen) atoms. The second-order valence-electron chi connectivity index (χ2n) is 7.45. The summed E-state index contributed by atoms with van der Waals surface area (Å²) in [4.78, 5) is 22.2. The number of halogens is 3. The number of carbonyl (C=O) groups is 1. The minimum absolute atomic E-state index is 0.188. The molecule has 3 aromatic rings. The molecule has 0 unspecified atom stereocenters. The minimum atomic E-state index is -4.62. The Morgan fingerprint density at radius 2 is 2.03 bits per heavy atom. The number of hydrogen-bond donors (Lipinski definition) is 2. The molecule has 9 nitrogen and oxygen atoms in total. The SMILES string of the molecule is CCNC(=O)c1ccc(Nc2ncnc3c2CCN(c2ccc(C#N)c(C(F)(F)F)c2)C3)nn1. The molecule has 2 N–H and O–H groups in total. The number of nitrogens with zero attached hydrogens (tertiary/aromatic N) is 6. The second-order valence-corrected chi connectivity index (χ2v) is 7.45. The van der Waals surface area contributed by atoms with E-state index in [0.717, 1.165) is 11.6 Å². The highest BCUT2D eigenvalue weighted by Crippen LogP contribution is 2.36. The highest BCUT2D eigenvalue weighted by atomic mass is 19.4. The van der Waals surface area contributed by atoms with Crippen molar-refractivity contribution >= 4 is 23.2 Å². The molecule has 0 spiro atoms. The van der Waals surface area contributed by atoms with Crippen LogP contribution in [-0.4, -0.2) is 39.2 Å². The van der Waals surface area contributed by atoms with Gasteiger partial charge in [0, 0.05) is 24.3 Å². The van der Waals surface area contributed by atoms with Gasteiger partial charge in [-0.05, 0) is 43.7 Å². The van der Waals surface area contributed by atoms with Gasteiger partial charge in [0.15, 0.2) is 11.5 Å². The fourth-order valence-electron chi connectivity index (χ4n) is 3.64. The third-order valence-corrected chi connectivity index (χ3v) is 5.28. The van der Waals surface area contributed by atoms with Crippen molar-refractivity contribution in [2.45, 2.75) is 26.1 Å². The normalized spacial score (nSPS) is 13.1. The zero-order chi connectivity index (χ0) is 24.3. The topological polar surface area (TPSA) is 120 Å². The maximum atomic E-state index is 13.4. The zero-order valence-electron chi connectivity index (χ0n) is 18.0. The molecule has 1 aromatic carbocycles. The van der Waals surface area contributed by atoms with E-state index in [1.54, 1.807) is 30.0 Å². The summed E-state index contributed by atoms with van der Waals surface area (Å²) in [6.45, 7) is 2.99. The van der Waals surface area contributed by atoms with Crippen molar-refractivity contribution in [1.29, 1.82) is 5.26 Å². The van der Waals surface area contributed by atoms with Gasteiger partial charge in [-0.1, -0.05) is 0 Å². The molecule has 1 amide bonds. The van der Waals surface area contributed by atoms with Gasteiger partial charge in [0.05, 0.1) is 29.4 Å². The van der Waals surface area contributed by atoms with Crippen molar-refractivity contribution in [3.63, 3.8) is 0 Å². The predicted octanol–water partition coefficient (Wildman–Crippen LogP) is 3.21. The van der Waals surface area contributed by atoms with Gasteiger partial charge in [-0.15, -0.1) is 10.2 Å². The number of hydrogen-bond acceptors (Lipinski definition) is 8. The van der Waals surface area contributed by atoms with E-state index in [4.69, 9.17) is 5.26 Å².